The molecule has 3 amide bonds. The van der Waals surface area contributed by atoms with Crippen molar-refractivity contribution in [1.29, 1.82) is 0 Å². The molecule has 0 spiro atoms. The van der Waals surface area contributed by atoms with Crippen LogP contribution < -0.4 is 10.1 Å². The Morgan fingerprint density at radius 2 is 1.62 bits per heavy atom. The Kier molecular flexibility index (Phi) is 12.2. The number of ether oxygens (including phenoxy) is 2. The highest BCUT2D eigenvalue weighted by molar-refractivity contribution is 7.09. The Morgan fingerprint density at radius 1 is 0.905 bits per heavy atom. The molecule has 1 aromatic heterocycles. The van der Waals surface area contributed by atoms with E-state index in [9.17, 15) is 19.5 Å². The van der Waals surface area contributed by atoms with Gasteiger partial charge in [0.1, 0.15) is 17.4 Å². The molecule has 3 aromatic rings. The molecule has 1 heterocycles. The molecule has 0 fully saturated rings. The average Bonchev–Trinajstić information content (AvgIpc) is 3.46. The SMILES string of the molecule is COc1cccc(CN(Cc2cccs2)C(=O)[C@H](CCCCN(Cc2ccccc2)C(=O)O)NC(=O)OC(C)(C)C)c1. The number of hydrogen-bond acceptors (Lipinski definition) is 6. The molecule has 0 saturated heterocycles. The van der Waals surface area contributed by atoms with Crippen LogP contribution in [0.4, 0.5) is 9.59 Å². The summed E-state index contributed by atoms with van der Waals surface area (Å²) in [4.78, 5) is 42.8. The third-order valence-electron chi connectivity index (χ3n) is 6.39. The number of carbonyl (C=O) groups is 3. The molecule has 0 aliphatic heterocycles. The van der Waals surface area contributed by atoms with E-state index in [0.717, 1.165) is 16.0 Å². The summed E-state index contributed by atoms with van der Waals surface area (Å²) in [5.74, 6) is 0.453. The van der Waals surface area contributed by atoms with Gasteiger partial charge < -0.3 is 29.7 Å². The van der Waals surface area contributed by atoms with Crippen LogP contribution in [-0.2, 0) is 29.2 Å². The van der Waals surface area contributed by atoms with Gasteiger partial charge in [-0.05, 0) is 74.7 Å². The van der Waals surface area contributed by atoms with Crippen LogP contribution in [0.1, 0.15) is 56.0 Å². The molecule has 226 valence electrons. The number of methoxy groups -OCH3 is 1. The van der Waals surface area contributed by atoms with Gasteiger partial charge in [-0.25, -0.2) is 9.59 Å². The normalized spacial score (nSPS) is 11.8. The number of benzene rings is 2. The summed E-state index contributed by atoms with van der Waals surface area (Å²) < 4.78 is 10.8. The first-order valence-electron chi connectivity index (χ1n) is 14.0. The number of hydrogen-bond donors (Lipinski definition) is 2. The van der Waals surface area contributed by atoms with Gasteiger partial charge in [-0.1, -0.05) is 48.5 Å². The second kappa shape index (κ2) is 15.8. The molecule has 9 nitrogen and oxygen atoms in total. The molecule has 0 saturated carbocycles. The Labute approximate surface area is 252 Å². The molecular weight excluding hydrogens is 554 g/mol. The zero-order valence-electron chi connectivity index (χ0n) is 24.7. The third kappa shape index (κ3) is 11.1. The predicted molar refractivity (Wildman–Crippen MR) is 163 cm³/mol. The van der Waals surface area contributed by atoms with Crippen LogP contribution in [0.3, 0.4) is 0 Å². The van der Waals surface area contributed by atoms with Crippen molar-refractivity contribution in [2.75, 3.05) is 13.7 Å². The van der Waals surface area contributed by atoms with Gasteiger partial charge in [0.25, 0.3) is 0 Å². The standard InChI is InChI=1S/C32H41N3O6S/c1-32(2,3)41-30(37)33-28(17-8-9-18-34(31(38)39)21-24-12-6-5-7-13-24)29(36)35(23-27-16-11-19-42-27)22-25-14-10-15-26(20-25)40-4/h5-7,10-16,19-20,28H,8-9,17-18,21-23H2,1-4H3,(H,33,37)(H,38,39)/t28-/m0/s1. The summed E-state index contributed by atoms with van der Waals surface area (Å²) in [5, 5.41) is 14.5. The molecule has 0 radical (unpaired) electrons. The number of amides is 3. The van der Waals surface area contributed by atoms with E-state index >= 15 is 0 Å². The van der Waals surface area contributed by atoms with Gasteiger partial charge in [0, 0.05) is 24.5 Å². The molecule has 3 rings (SSSR count). The van der Waals surface area contributed by atoms with Gasteiger partial charge >= 0.3 is 12.2 Å². The summed E-state index contributed by atoms with van der Waals surface area (Å²) in [6.45, 7) is 6.59. The second-order valence-corrected chi connectivity index (χ2v) is 12.0. The molecule has 10 heteroatoms. The highest BCUT2D eigenvalue weighted by atomic mass is 32.1. The van der Waals surface area contributed by atoms with E-state index < -0.39 is 23.8 Å². The van der Waals surface area contributed by atoms with Gasteiger partial charge in [0.15, 0.2) is 0 Å². The lowest BCUT2D eigenvalue weighted by Crippen LogP contribution is -2.49. The van der Waals surface area contributed by atoms with Crippen LogP contribution in [0.2, 0.25) is 0 Å². The van der Waals surface area contributed by atoms with Gasteiger partial charge in [-0.2, -0.15) is 0 Å². The second-order valence-electron chi connectivity index (χ2n) is 11.0. The number of rotatable bonds is 14. The lowest BCUT2D eigenvalue weighted by Gasteiger charge is -2.29. The van der Waals surface area contributed by atoms with Crippen molar-refractivity contribution in [1.82, 2.24) is 15.1 Å². The zero-order chi connectivity index (χ0) is 30.5. The maximum absolute atomic E-state index is 14.0. The fraction of sp³-hybridized carbons (Fsp3) is 0.406. The summed E-state index contributed by atoms with van der Waals surface area (Å²) in [6.07, 6.45) is -0.291. The minimum absolute atomic E-state index is 0.239. The fourth-order valence-electron chi connectivity index (χ4n) is 4.42. The van der Waals surface area contributed by atoms with Gasteiger partial charge in [-0.3, -0.25) is 4.79 Å². The number of nitrogens with one attached hydrogen (secondary N) is 1. The number of thiophene rings is 1. The molecule has 0 aliphatic rings. The quantitative estimate of drug-likeness (QED) is 0.205. The summed E-state index contributed by atoms with van der Waals surface area (Å²) in [7, 11) is 1.60. The first-order chi connectivity index (χ1) is 20.0. The Morgan fingerprint density at radius 3 is 2.26 bits per heavy atom. The maximum Gasteiger partial charge on any atom is 0.408 e. The van der Waals surface area contributed by atoms with Crippen LogP contribution in [0.15, 0.2) is 72.1 Å². The average molecular weight is 596 g/mol. The lowest BCUT2D eigenvalue weighted by molar-refractivity contribution is -0.135. The first-order valence-corrected chi connectivity index (χ1v) is 14.9. The summed E-state index contributed by atoms with van der Waals surface area (Å²) in [5.41, 5.74) is 1.07. The molecule has 0 aliphatic carbocycles. The van der Waals surface area contributed by atoms with Crippen LogP contribution in [-0.4, -0.2) is 58.3 Å². The molecule has 1 atom stereocenters. The lowest BCUT2D eigenvalue weighted by atomic mass is 10.1. The van der Waals surface area contributed by atoms with E-state index in [2.05, 4.69) is 5.32 Å². The van der Waals surface area contributed by atoms with Crippen molar-refractivity contribution >= 4 is 29.4 Å². The van der Waals surface area contributed by atoms with Gasteiger partial charge in [0.2, 0.25) is 5.91 Å². The van der Waals surface area contributed by atoms with Crippen LogP contribution in [0, 0.1) is 0 Å². The molecule has 42 heavy (non-hydrogen) atoms. The van der Waals surface area contributed by atoms with Gasteiger partial charge in [-0.15, -0.1) is 11.3 Å². The van der Waals surface area contributed by atoms with Gasteiger partial charge in [0.05, 0.1) is 13.7 Å². The van der Waals surface area contributed by atoms with Crippen molar-refractivity contribution in [3.63, 3.8) is 0 Å². The van der Waals surface area contributed by atoms with E-state index in [1.54, 1.807) is 44.1 Å². The largest absolute Gasteiger partial charge is 0.497 e. The van der Waals surface area contributed by atoms with Crippen molar-refractivity contribution in [3.05, 3.63) is 88.1 Å². The number of carbonyl (C=O) groups excluding carboxylic acids is 2. The Hall–Kier alpha value is -4.05. The van der Waals surface area contributed by atoms with E-state index in [-0.39, 0.29) is 12.5 Å². The highest BCUT2D eigenvalue weighted by Gasteiger charge is 2.28. The van der Waals surface area contributed by atoms with Crippen molar-refractivity contribution in [3.8, 4) is 5.75 Å². The van der Waals surface area contributed by atoms with E-state index in [1.165, 1.54) is 4.90 Å². The number of carboxylic acid groups (broad SMARTS) is 1. The Bertz CT molecular complexity index is 1280. The van der Waals surface area contributed by atoms with Crippen molar-refractivity contribution in [2.45, 2.75) is 71.3 Å². The van der Waals surface area contributed by atoms with E-state index in [4.69, 9.17) is 9.47 Å². The predicted octanol–water partition coefficient (Wildman–Crippen LogP) is 6.53. The number of alkyl carbamates (subject to hydrolysis) is 1. The maximum atomic E-state index is 14.0. The van der Waals surface area contributed by atoms with E-state index in [1.807, 2.05) is 72.1 Å². The zero-order valence-corrected chi connectivity index (χ0v) is 25.6. The monoisotopic (exact) mass is 595 g/mol. The van der Waals surface area contributed by atoms with Crippen molar-refractivity contribution in [2.24, 2.45) is 0 Å². The number of unbranched alkanes of at least 4 members (excludes halogenated alkanes) is 1. The highest BCUT2D eigenvalue weighted by Crippen LogP contribution is 2.20. The topological polar surface area (TPSA) is 108 Å². The minimum Gasteiger partial charge on any atom is -0.497 e. The Balaban J connectivity index is 1.74. The third-order valence-corrected chi connectivity index (χ3v) is 7.25. The molecule has 0 unspecified atom stereocenters. The van der Waals surface area contributed by atoms with Crippen LogP contribution in [0.25, 0.3) is 0 Å². The molecular formula is C32H41N3O6S. The van der Waals surface area contributed by atoms with E-state index in [0.29, 0.717) is 44.6 Å². The summed E-state index contributed by atoms with van der Waals surface area (Å²) >= 11 is 1.56. The van der Waals surface area contributed by atoms with Crippen LogP contribution >= 0.6 is 11.3 Å². The van der Waals surface area contributed by atoms with Crippen molar-refractivity contribution < 1.29 is 29.0 Å². The minimum atomic E-state index is -1.00. The fourth-order valence-corrected chi connectivity index (χ4v) is 5.14. The molecule has 2 aromatic carbocycles. The smallest absolute Gasteiger partial charge is 0.408 e. The number of nitrogens with zero attached hydrogens (tertiary/aromatic N) is 2. The van der Waals surface area contributed by atoms with Crippen LogP contribution in [0.5, 0.6) is 5.75 Å². The summed E-state index contributed by atoms with van der Waals surface area (Å²) in [6, 6.07) is 20.0. The molecule has 2 N–H and O–H groups in total. The molecule has 0 bridgehead atoms. The first kappa shape index (κ1) is 32.5.